The minimum absolute atomic E-state index is 0.00842. The third-order valence-corrected chi connectivity index (χ3v) is 5.91. The molecular formula is C18H29N3O9P+. The molecule has 174 valence electrons. The number of nitrogens with zero attached hydrogens (tertiary/aromatic N) is 2. The number of hydrogen-bond acceptors (Lipinski definition) is 10. The summed E-state index contributed by atoms with van der Waals surface area (Å²) in [7, 11) is -1.06. The maximum absolute atomic E-state index is 12.5. The topological polar surface area (TPSA) is 147 Å². The van der Waals surface area contributed by atoms with Gasteiger partial charge in [-0.3, -0.25) is 14.3 Å². The largest absolute Gasteiger partial charge is 0.576 e. The van der Waals surface area contributed by atoms with Gasteiger partial charge >= 0.3 is 20.1 Å². The van der Waals surface area contributed by atoms with Crippen LogP contribution in [0.25, 0.3) is 0 Å². The molecule has 0 radical (unpaired) electrons. The van der Waals surface area contributed by atoms with Crippen molar-refractivity contribution in [1.82, 2.24) is 15.1 Å². The number of aryl methyl sites for hydroxylation is 2. The highest BCUT2D eigenvalue weighted by Crippen LogP contribution is 2.63. The van der Waals surface area contributed by atoms with Crippen LogP contribution in [0.3, 0.4) is 0 Å². The minimum atomic E-state index is -3.92. The van der Waals surface area contributed by atoms with Gasteiger partial charge in [-0.05, 0) is 12.5 Å². The third-order valence-electron chi connectivity index (χ3n) is 4.55. The fourth-order valence-electron chi connectivity index (χ4n) is 2.69. The molecule has 0 spiro atoms. The molecule has 31 heavy (non-hydrogen) atoms. The van der Waals surface area contributed by atoms with Gasteiger partial charge in [0.15, 0.2) is 6.10 Å². The van der Waals surface area contributed by atoms with E-state index in [1.165, 1.54) is 11.8 Å². The molecule has 1 aromatic rings. The molecular weight excluding hydrogens is 433 g/mol. The molecule has 2 atom stereocenters. The van der Waals surface area contributed by atoms with Crippen molar-refractivity contribution in [3.63, 3.8) is 0 Å². The predicted octanol–water partition coefficient (Wildman–Crippen LogP) is 0.904. The van der Waals surface area contributed by atoms with E-state index in [0.717, 1.165) is 5.69 Å². The molecule has 1 aromatic heterocycles. The van der Waals surface area contributed by atoms with E-state index in [2.05, 4.69) is 15.2 Å². The fraction of sp³-hybridized carbons (Fsp3) is 0.667. The van der Waals surface area contributed by atoms with E-state index in [9.17, 15) is 19.3 Å². The molecule has 0 aromatic carbocycles. The summed E-state index contributed by atoms with van der Waals surface area (Å²) < 4.78 is 26.9. The maximum Gasteiger partial charge on any atom is 0.576 e. The quantitative estimate of drug-likeness (QED) is 0.308. The first kappa shape index (κ1) is 25.2. The van der Waals surface area contributed by atoms with Gasteiger partial charge in [-0.15, -0.1) is 9.05 Å². The monoisotopic (exact) mass is 462 g/mol. The summed E-state index contributed by atoms with van der Waals surface area (Å²) in [6.07, 6.45) is -0.466. The van der Waals surface area contributed by atoms with Gasteiger partial charge < -0.3 is 14.8 Å². The highest BCUT2D eigenvalue weighted by molar-refractivity contribution is 7.55. The van der Waals surface area contributed by atoms with Crippen LogP contribution in [0.1, 0.15) is 43.4 Å². The number of ether oxygens (including phenoxy) is 2. The Balaban J connectivity index is 1.92. The number of rotatable bonds is 9. The zero-order chi connectivity index (χ0) is 23.2. The molecule has 13 heteroatoms. The summed E-state index contributed by atoms with van der Waals surface area (Å²) in [6, 6.07) is 1.59. The van der Waals surface area contributed by atoms with Gasteiger partial charge in [0.25, 0.3) is 5.91 Å². The average Bonchev–Trinajstić information content (AvgIpc) is 3.10. The van der Waals surface area contributed by atoms with E-state index in [0.29, 0.717) is 6.42 Å². The van der Waals surface area contributed by atoms with Crippen LogP contribution in [0.2, 0.25) is 0 Å². The number of methoxy groups -OCH3 is 1. The molecule has 2 heterocycles. The summed E-state index contributed by atoms with van der Waals surface area (Å²) in [4.78, 5) is 46.4. The molecule has 2 N–H and O–H groups in total. The second-order valence-corrected chi connectivity index (χ2v) is 9.17. The first-order chi connectivity index (χ1) is 14.5. The van der Waals surface area contributed by atoms with Gasteiger partial charge in [-0.25, -0.2) is 4.79 Å². The number of carbonyl (C=O) groups is 3. The van der Waals surface area contributed by atoms with Crippen molar-refractivity contribution in [3.05, 3.63) is 17.5 Å². The molecule has 1 unspecified atom stereocenters. The van der Waals surface area contributed by atoms with E-state index in [1.807, 2.05) is 6.92 Å². The number of aromatic nitrogens is 2. The van der Waals surface area contributed by atoms with Crippen molar-refractivity contribution in [1.29, 1.82) is 0 Å². The highest BCUT2D eigenvalue weighted by atomic mass is 31.2. The lowest BCUT2D eigenvalue weighted by atomic mass is 9.87. The van der Waals surface area contributed by atoms with Gasteiger partial charge in [0.2, 0.25) is 6.79 Å². The van der Waals surface area contributed by atoms with Crippen molar-refractivity contribution < 1.29 is 42.3 Å². The first-order valence-corrected chi connectivity index (χ1v) is 11.1. The number of nitrogens with one attached hydrogen (secondary N) is 1. The van der Waals surface area contributed by atoms with Crippen LogP contribution < -0.4 is 5.32 Å². The predicted molar refractivity (Wildman–Crippen MR) is 107 cm³/mol. The van der Waals surface area contributed by atoms with Crippen LogP contribution in [-0.4, -0.2) is 65.7 Å². The lowest BCUT2D eigenvalue weighted by Gasteiger charge is -2.36. The molecule has 0 saturated carbocycles. The zero-order valence-electron chi connectivity index (χ0n) is 18.2. The Morgan fingerprint density at radius 2 is 2.13 bits per heavy atom. The van der Waals surface area contributed by atoms with Crippen LogP contribution in [-0.2, 0) is 46.1 Å². The van der Waals surface area contributed by atoms with Crippen LogP contribution >= 0.6 is 8.17 Å². The molecule has 1 amide bonds. The van der Waals surface area contributed by atoms with E-state index < -0.39 is 44.3 Å². The maximum atomic E-state index is 12.5. The Kier molecular flexibility index (Phi) is 8.49. The summed E-state index contributed by atoms with van der Waals surface area (Å²) in [6.45, 7) is 4.70. The number of carbonyl (C=O) groups excluding carboxylic acids is 3. The van der Waals surface area contributed by atoms with Gasteiger partial charge in [0.1, 0.15) is 12.3 Å². The Bertz CT molecular complexity index is 813. The van der Waals surface area contributed by atoms with E-state index in [4.69, 9.17) is 18.3 Å². The smallest absolute Gasteiger partial charge is 0.469 e. The summed E-state index contributed by atoms with van der Waals surface area (Å²) in [5.74, 6) is -1.71. The van der Waals surface area contributed by atoms with Gasteiger partial charge in [-0.1, -0.05) is 20.8 Å². The average molecular weight is 462 g/mol. The van der Waals surface area contributed by atoms with Crippen LogP contribution in [0.5, 0.6) is 0 Å². The van der Waals surface area contributed by atoms with Crippen molar-refractivity contribution in [2.75, 3.05) is 27.1 Å². The van der Waals surface area contributed by atoms with Crippen LogP contribution in [0.15, 0.2) is 6.07 Å². The SMILES string of the molecule is CCc1cc(C(=O)OCO[P+]2(O)OCC(C)(C)[C@H](C(=O)NCCC(=O)OC)O2)n(C)n1. The number of amides is 1. The number of esters is 2. The Morgan fingerprint density at radius 1 is 1.42 bits per heavy atom. The Morgan fingerprint density at radius 3 is 2.74 bits per heavy atom. The van der Waals surface area contributed by atoms with Gasteiger partial charge in [0.05, 0.1) is 19.2 Å². The minimum Gasteiger partial charge on any atom is -0.469 e. The van der Waals surface area contributed by atoms with E-state index in [-0.39, 0.29) is 25.3 Å². The van der Waals surface area contributed by atoms with Gasteiger partial charge in [0, 0.05) is 19.0 Å². The lowest BCUT2D eigenvalue weighted by Crippen LogP contribution is -2.50. The lowest BCUT2D eigenvalue weighted by molar-refractivity contribution is -0.146. The van der Waals surface area contributed by atoms with E-state index >= 15 is 0 Å². The summed E-state index contributed by atoms with van der Waals surface area (Å²) >= 11 is 0. The highest BCUT2D eigenvalue weighted by Gasteiger charge is 2.59. The van der Waals surface area contributed by atoms with Crippen LogP contribution in [0, 0.1) is 5.41 Å². The zero-order valence-corrected chi connectivity index (χ0v) is 19.1. The Hall–Kier alpha value is -2.11. The molecule has 0 bridgehead atoms. The van der Waals surface area contributed by atoms with Crippen molar-refractivity contribution in [3.8, 4) is 0 Å². The molecule has 12 nitrogen and oxygen atoms in total. The van der Waals surface area contributed by atoms with E-state index in [1.54, 1.807) is 27.0 Å². The molecule has 1 aliphatic rings. The normalized spacial score (nSPS) is 22.6. The molecule has 1 fully saturated rings. The molecule has 1 saturated heterocycles. The van der Waals surface area contributed by atoms with Gasteiger partial charge in [-0.2, -0.15) is 14.5 Å². The second kappa shape index (κ2) is 10.5. The van der Waals surface area contributed by atoms with Crippen molar-refractivity contribution in [2.24, 2.45) is 12.5 Å². The third kappa shape index (κ3) is 6.68. The molecule has 1 aliphatic heterocycles. The standard InChI is InChI=1S/C18H28N3O9P/c1-6-12-9-13(21(4)20-12)17(24)27-11-29-31(25)28-10-18(2,3)15(30-31)16(23)19-8-7-14(22)26-5/h9,15,25H,6-8,10-11H2,1-5H3/p+1/t15-,31?/m0/s1. The summed E-state index contributed by atoms with van der Waals surface area (Å²) in [5, 5.41) is 6.71. The van der Waals surface area contributed by atoms with Crippen molar-refractivity contribution >= 4 is 26.0 Å². The second-order valence-electron chi connectivity index (χ2n) is 7.51. The van der Waals surface area contributed by atoms with Crippen molar-refractivity contribution in [2.45, 2.75) is 39.7 Å². The Labute approximate surface area is 180 Å². The fourth-order valence-corrected chi connectivity index (χ4v) is 4.22. The molecule has 2 rings (SSSR count). The molecule has 0 aliphatic carbocycles. The number of hydrogen-bond donors (Lipinski definition) is 2. The summed E-state index contributed by atoms with van der Waals surface area (Å²) in [5.41, 5.74) is 0.163. The van der Waals surface area contributed by atoms with Crippen LogP contribution in [0.4, 0.5) is 0 Å². The first-order valence-electron chi connectivity index (χ1n) is 9.65.